The summed E-state index contributed by atoms with van der Waals surface area (Å²) in [6.07, 6.45) is 2.27. The van der Waals surface area contributed by atoms with E-state index < -0.39 is 5.82 Å². The maximum absolute atomic E-state index is 13.7. The van der Waals surface area contributed by atoms with Crippen LogP contribution in [0.3, 0.4) is 0 Å². The van der Waals surface area contributed by atoms with E-state index in [1.165, 1.54) is 24.2 Å². The highest BCUT2D eigenvalue weighted by Crippen LogP contribution is 2.35. The second-order valence-corrected chi connectivity index (χ2v) is 4.95. The zero-order valence-corrected chi connectivity index (χ0v) is 11.6. The number of benzene rings is 1. The van der Waals surface area contributed by atoms with Crippen molar-refractivity contribution in [3.63, 3.8) is 0 Å². The van der Waals surface area contributed by atoms with E-state index in [4.69, 9.17) is 10.5 Å². The van der Waals surface area contributed by atoms with Crippen LogP contribution in [0.5, 0.6) is 5.75 Å². The molecule has 0 saturated heterocycles. The lowest BCUT2D eigenvalue weighted by atomic mass is 10.3. The molecule has 5 nitrogen and oxygen atoms in total. The number of rotatable bonds is 5. The van der Waals surface area contributed by atoms with Gasteiger partial charge < -0.3 is 10.5 Å². The lowest BCUT2D eigenvalue weighted by molar-refractivity contribution is 0.300. The van der Waals surface area contributed by atoms with Crippen molar-refractivity contribution in [1.29, 1.82) is 0 Å². The Balaban J connectivity index is 2.27. The first-order chi connectivity index (χ1) is 9.11. The number of ether oxygens (including phenoxy) is 1. The van der Waals surface area contributed by atoms with Crippen LogP contribution in [-0.4, -0.2) is 21.4 Å². The molecule has 0 radical (unpaired) electrons. The highest BCUT2D eigenvalue weighted by molar-refractivity contribution is 7.99. The number of nitrogen functional groups attached to an aromatic ring is 1. The Morgan fingerprint density at radius 1 is 1.47 bits per heavy atom. The van der Waals surface area contributed by atoms with Crippen LogP contribution in [0.4, 0.5) is 10.1 Å². The van der Waals surface area contributed by atoms with E-state index in [9.17, 15) is 4.39 Å². The van der Waals surface area contributed by atoms with Gasteiger partial charge in [-0.1, -0.05) is 6.92 Å². The van der Waals surface area contributed by atoms with Gasteiger partial charge in [0.05, 0.1) is 6.61 Å². The van der Waals surface area contributed by atoms with Gasteiger partial charge in [0.2, 0.25) is 0 Å². The summed E-state index contributed by atoms with van der Waals surface area (Å²) in [5.74, 6) is -0.242. The van der Waals surface area contributed by atoms with Gasteiger partial charge in [0.25, 0.3) is 0 Å². The van der Waals surface area contributed by atoms with Gasteiger partial charge in [0.1, 0.15) is 6.33 Å². The van der Waals surface area contributed by atoms with E-state index in [0.29, 0.717) is 22.3 Å². The highest BCUT2D eigenvalue weighted by Gasteiger charge is 2.12. The van der Waals surface area contributed by atoms with Gasteiger partial charge in [-0.25, -0.2) is 14.1 Å². The van der Waals surface area contributed by atoms with Crippen molar-refractivity contribution in [1.82, 2.24) is 14.8 Å². The fourth-order valence-corrected chi connectivity index (χ4v) is 2.26. The summed E-state index contributed by atoms with van der Waals surface area (Å²) in [6, 6.07) is 2.86. The monoisotopic (exact) mass is 282 g/mol. The quantitative estimate of drug-likeness (QED) is 0.853. The molecule has 2 aromatic rings. The number of halogens is 1. The second kappa shape index (κ2) is 5.92. The molecule has 0 fully saturated rings. The average Bonchev–Trinajstić information content (AvgIpc) is 2.77. The van der Waals surface area contributed by atoms with Gasteiger partial charge in [0.15, 0.2) is 16.7 Å². The standard InChI is InChI=1S/C12H15FN4OS/c1-3-4-18-10-6-11(9(14)5-8(10)13)19-12-15-7-16-17(12)2/h5-7H,3-4,14H2,1-2H3. The smallest absolute Gasteiger partial charge is 0.190 e. The van der Waals surface area contributed by atoms with Gasteiger partial charge >= 0.3 is 0 Å². The summed E-state index contributed by atoms with van der Waals surface area (Å²) < 4.78 is 20.6. The molecule has 102 valence electrons. The van der Waals surface area contributed by atoms with E-state index in [1.807, 2.05) is 6.92 Å². The molecule has 0 amide bonds. The van der Waals surface area contributed by atoms with Gasteiger partial charge in [-0.2, -0.15) is 5.10 Å². The third-order valence-corrected chi connectivity index (χ3v) is 3.52. The molecule has 0 aliphatic heterocycles. The van der Waals surface area contributed by atoms with E-state index in [0.717, 1.165) is 6.42 Å². The van der Waals surface area contributed by atoms with E-state index in [-0.39, 0.29) is 5.75 Å². The molecule has 1 aromatic heterocycles. The minimum Gasteiger partial charge on any atom is -0.490 e. The van der Waals surface area contributed by atoms with Crippen LogP contribution in [0.2, 0.25) is 0 Å². The molecule has 0 saturated carbocycles. The maximum atomic E-state index is 13.7. The first kappa shape index (κ1) is 13.7. The molecular weight excluding hydrogens is 267 g/mol. The van der Waals surface area contributed by atoms with Crippen molar-refractivity contribution in [2.45, 2.75) is 23.4 Å². The number of hydrogen-bond donors (Lipinski definition) is 1. The van der Waals surface area contributed by atoms with Crippen LogP contribution in [0.1, 0.15) is 13.3 Å². The van der Waals surface area contributed by atoms with Crippen LogP contribution in [0.15, 0.2) is 28.5 Å². The predicted octanol–water partition coefficient (Wildman–Crippen LogP) is 2.48. The summed E-state index contributed by atoms with van der Waals surface area (Å²) in [6.45, 7) is 2.43. The number of hydrogen-bond acceptors (Lipinski definition) is 5. The largest absolute Gasteiger partial charge is 0.490 e. The van der Waals surface area contributed by atoms with Crippen molar-refractivity contribution in [2.24, 2.45) is 7.05 Å². The van der Waals surface area contributed by atoms with Crippen LogP contribution in [0.25, 0.3) is 0 Å². The molecule has 0 spiro atoms. The molecular formula is C12H15FN4OS. The Hall–Kier alpha value is -1.76. The van der Waals surface area contributed by atoms with Gasteiger partial charge in [0, 0.05) is 23.7 Å². The molecule has 2 rings (SSSR count). The third kappa shape index (κ3) is 3.17. The van der Waals surface area contributed by atoms with E-state index in [2.05, 4.69) is 10.1 Å². The van der Waals surface area contributed by atoms with Crippen molar-refractivity contribution >= 4 is 17.4 Å². The summed E-state index contributed by atoms with van der Waals surface area (Å²) in [5, 5.41) is 4.65. The molecule has 1 aromatic carbocycles. The van der Waals surface area contributed by atoms with Crippen molar-refractivity contribution in [2.75, 3.05) is 12.3 Å². The molecule has 0 aliphatic rings. The topological polar surface area (TPSA) is 66.0 Å². The van der Waals surface area contributed by atoms with Crippen molar-refractivity contribution in [3.05, 3.63) is 24.3 Å². The first-order valence-electron chi connectivity index (χ1n) is 5.85. The average molecular weight is 282 g/mol. The molecule has 0 aliphatic carbocycles. The number of aromatic nitrogens is 3. The molecule has 0 atom stereocenters. The molecule has 0 bridgehead atoms. The first-order valence-corrected chi connectivity index (χ1v) is 6.67. The number of nitrogens with zero attached hydrogens (tertiary/aromatic N) is 3. The highest BCUT2D eigenvalue weighted by atomic mass is 32.2. The Labute approximate surface area is 115 Å². The molecule has 1 heterocycles. The zero-order valence-electron chi connectivity index (χ0n) is 10.8. The third-order valence-electron chi connectivity index (χ3n) is 2.40. The fraction of sp³-hybridized carbons (Fsp3) is 0.333. The Kier molecular flexibility index (Phi) is 4.26. The minimum atomic E-state index is -0.451. The number of nitrogens with two attached hydrogens (primary N) is 1. The summed E-state index contributed by atoms with van der Waals surface area (Å²) in [7, 11) is 1.78. The summed E-state index contributed by atoms with van der Waals surface area (Å²) >= 11 is 1.32. The molecule has 0 unspecified atom stereocenters. The van der Waals surface area contributed by atoms with E-state index >= 15 is 0 Å². The maximum Gasteiger partial charge on any atom is 0.190 e. The number of anilines is 1. The van der Waals surface area contributed by atoms with Crippen LogP contribution in [0, 0.1) is 5.82 Å². The lowest BCUT2D eigenvalue weighted by Gasteiger charge is -2.10. The summed E-state index contributed by atoms with van der Waals surface area (Å²) in [5.41, 5.74) is 6.17. The van der Waals surface area contributed by atoms with Gasteiger partial charge in [-0.05, 0) is 24.2 Å². The molecule has 19 heavy (non-hydrogen) atoms. The Bertz CT molecular complexity index is 573. The minimum absolute atomic E-state index is 0.209. The predicted molar refractivity (Wildman–Crippen MR) is 71.7 cm³/mol. The Morgan fingerprint density at radius 3 is 2.89 bits per heavy atom. The normalized spacial score (nSPS) is 10.7. The van der Waals surface area contributed by atoms with Crippen LogP contribution in [-0.2, 0) is 7.05 Å². The van der Waals surface area contributed by atoms with Gasteiger partial charge in [-0.15, -0.1) is 0 Å². The second-order valence-electron chi connectivity index (χ2n) is 3.94. The lowest BCUT2D eigenvalue weighted by Crippen LogP contribution is -2.00. The molecule has 2 N–H and O–H groups in total. The van der Waals surface area contributed by atoms with E-state index in [1.54, 1.807) is 17.8 Å². The SMILES string of the molecule is CCCOc1cc(Sc2ncnn2C)c(N)cc1F. The number of aryl methyl sites for hydroxylation is 1. The fourth-order valence-electron chi connectivity index (χ4n) is 1.44. The van der Waals surface area contributed by atoms with Crippen molar-refractivity contribution < 1.29 is 9.13 Å². The zero-order chi connectivity index (χ0) is 13.8. The Morgan fingerprint density at radius 2 is 2.26 bits per heavy atom. The van der Waals surface area contributed by atoms with Crippen LogP contribution >= 0.6 is 11.8 Å². The molecule has 7 heteroatoms. The summed E-state index contributed by atoms with van der Waals surface area (Å²) in [4.78, 5) is 4.79. The van der Waals surface area contributed by atoms with Crippen LogP contribution < -0.4 is 10.5 Å². The van der Waals surface area contributed by atoms with Crippen molar-refractivity contribution in [3.8, 4) is 5.75 Å². The van der Waals surface area contributed by atoms with Gasteiger partial charge in [-0.3, -0.25) is 0 Å².